The standard InChI is InChI=1S/C10H19NOS/c1-8(2)10-6-9(3)4-5-13(11,12)7-10/h9-11H,1,4-7H2,2-3H3/t9-,10-,13?/m0/s1. The summed E-state index contributed by atoms with van der Waals surface area (Å²) in [5, 5.41) is 0. The molecule has 13 heavy (non-hydrogen) atoms. The lowest BCUT2D eigenvalue weighted by atomic mass is 9.91. The van der Waals surface area contributed by atoms with Gasteiger partial charge in [-0.15, -0.1) is 0 Å². The van der Waals surface area contributed by atoms with Gasteiger partial charge in [-0.25, -0.2) is 4.21 Å². The molecule has 0 bridgehead atoms. The maximum Gasteiger partial charge on any atom is 0.0447 e. The summed E-state index contributed by atoms with van der Waals surface area (Å²) in [6, 6.07) is 0. The molecular weight excluding hydrogens is 182 g/mol. The Hall–Kier alpha value is -0.310. The minimum atomic E-state index is -2.31. The summed E-state index contributed by atoms with van der Waals surface area (Å²) >= 11 is 0. The quantitative estimate of drug-likeness (QED) is 0.651. The Bertz CT molecular complexity index is 292. The van der Waals surface area contributed by atoms with Gasteiger partial charge in [0.15, 0.2) is 0 Å². The van der Waals surface area contributed by atoms with E-state index in [1.54, 1.807) is 0 Å². The van der Waals surface area contributed by atoms with Crippen LogP contribution < -0.4 is 0 Å². The zero-order valence-electron chi connectivity index (χ0n) is 8.51. The molecule has 1 heterocycles. The molecule has 1 aliphatic rings. The van der Waals surface area contributed by atoms with Gasteiger partial charge in [0.05, 0.1) is 0 Å². The Morgan fingerprint density at radius 2 is 2.23 bits per heavy atom. The molecule has 3 atom stereocenters. The summed E-state index contributed by atoms with van der Waals surface area (Å²) in [4.78, 5) is 0. The first-order valence-corrected chi connectivity index (χ1v) is 6.70. The fraction of sp³-hybridized carbons (Fsp3) is 0.800. The highest BCUT2D eigenvalue weighted by molar-refractivity contribution is 7.92. The highest BCUT2D eigenvalue weighted by atomic mass is 32.2. The summed E-state index contributed by atoms with van der Waals surface area (Å²) in [7, 11) is -2.31. The largest absolute Gasteiger partial charge is 0.253 e. The van der Waals surface area contributed by atoms with Crippen molar-refractivity contribution in [3.8, 4) is 0 Å². The molecule has 1 fully saturated rings. The first-order valence-electron chi connectivity index (χ1n) is 4.80. The smallest absolute Gasteiger partial charge is 0.0447 e. The number of rotatable bonds is 1. The third-order valence-electron chi connectivity index (χ3n) is 2.79. The maximum atomic E-state index is 11.7. The van der Waals surface area contributed by atoms with Crippen LogP contribution in [-0.2, 0) is 9.73 Å². The van der Waals surface area contributed by atoms with Gasteiger partial charge in [0.25, 0.3) is 0 Å². The van der Waals surface area contributed by atoms with Crippen LogP contribution in [0.25, 0.3) is 0 Å². The van der Waals surface area contributed by atoms with E-state index in [9.17, 15) is 4.21 Å². The zero-order chi connectivity index (χ0) is 10.1. The third kappa shape index (κ3) is 3.14. The first kappa shape index (κ1) is 10.8. The van der Waals surface area contributed by atoms with Crippen LogP contribution in [0, 0.1) is 16.6 Å². The fourth-order valence-corrected chi connectivity index (χ4v) is 3.84. The summed E-state index contributed by atoms with van der Waals surface area (Å²) < 4.78 is 19.4. The van der Waals surface area contributed by atoms with E-state index in [1.807, 2.05) is 6.92 Å². The van der Waals surface area contributed by atoms with E-state index >= 15 is 0 Å². The van der Waals surface area contributed by atoms with Gasteiger partial charge in [0.1, 0.15) is 0 Å². The predicted octanol–water partition coefficient (Wildman–Crippen LogP) is 2.66. The van der Waals surface area contributed by atoms with Crippen LogP contribution in [0.15, 0.2) is 12.2 Å². The topological polar surface area (TPSA) is 40.9 Å². The molecule has 1 saturated heterocycles. The molecule has 76 valence electrons. The summed E-state index contributed by atoms with van der Waals surface area (Å²) in [5.41, 5.74) is 1.09. The van der Waals surface area contributed by atoms with Crippen LogP contribution in [0.1, 0.15) is 26.7 Å². The monoisotopic (exact) mass is 201 g/mol. The molecule has 0 aromatic carbocycles. The molecule has 1 unspecified atom stereocenters. The predicted molar refractivity (Wildman–Crippen MR) is 57.3 cm³/mol. The van der Waals surface area contributed by atoms with E-state index in [0.717, 1.165) is 18.4 Å². The van der Waals surface area contributed by atoms with Crippen molar-refractivity contribution in [2.45, 2.75) is 26.7 Å². The van der Waals surface area contributed by atoms with Crippen LogP contribution in [0.2, 0.25) is 0 Å². The summed E-state index contributed by atoms with van der Waals surface area (Å²) in [6.07, 6.45) is 2.00. The van der Waals surface area contributed by atoms with E-state index in [1.165, 1.54) is 0 Å². The van der Waals surface area contributed by atoms with Crippen LogP contribution in [0.4, 0.5) is 0 Å². The van der Waals surface area contributed by atoms with Crippen molar-refractivity contribution in [1.29, 1.82) is 4.78 Å². The molecule has 0 spiro atoms. The molecule has 1 N–H and O–H groups in total. The molecule has 0 aromatic rings. The van der Waals surface area contributed by atoms with Gasteiger partial charge in [0.2, 0.25) is 0 Å². The van der Waals surface area contributed by atoms with Crippen LogP contribution in [0.3, 0.4) is 0 Å². The van der Waals surface area contributed by atoms with Gasteiger partial charge < -0.3 is 0 Å². The number of hydrogen-bond acceptors (Lipinski definition) is 2. The fourth-order valence-electron chi connectivity index (χ4n) is 1.81. The van der Waals surface area contributed by atoms with Gasteiger partial charge >= 0.3 is 0 Å². The Balaban J connectivity index is 2.81. The Kier molecular flexibility index (Phi) is 3.17. The number of allylic oxidation sites excluding steroid dienone is 1. The molecule has 0 aliphatic carbocycles. The Morgan fingerprint density at radius 3 is 2.77 bits per heavy atom. The number of nitrogens with one attached hydrogen (secondary N) is 1. The van der Waals surface area contributed by atoms with Crippen LogP contribution >= 0.6 is 0 Å². The average Bonchev–Trinajstić information content (AvgIpc) is 2.11. The van der Waals surface area contributed by atoms with Crippen molar-refractivity contribution in [2.24, 2.45) is 11.8 Å². The highest BCUT2D eigenvalue weighted by Gasteiger charge is 2.24. The molecule has 0 aromatic heterocycles. The average molecular weight is 201 g/mol. The minimum absolute atomic E-state index is 0.308. The van der Waals surface area contributed by atoms with E-state index in [0.29, 0.717) is 23.3 Å². The minimum Gasteiger partial charge on any atom is -0.253 e. The third-order valence-corrected chi connectivity index (χ3v) is 4.63. The first-order chi connectivity index (χ1) is 5.91. The second-order valence-corrected chi connectivity index (χ2v) is 6.72. The number of hydrogen-bond donors (Lipinski definition) is 1. The molecule has 0 amide bonds. The maximum absolute atomic E-state index is 11.7. The van der Waals surface area contributed by atoms with Crippen molar-refractivity contribution in [1.82, 2.24) is 0 Å². The Labute approximate surface area is 81.4 Å². The lowest BCUT2D eigenvalue weighted by molar-refractivity contribution is 0.458. The lowest BCUT2D eigenvalue weighted by Gasteiger charge is -2.16. The van der Waals surface area contributed by atoms with Gasteiger partial charge in [-0.05, 0) is 31.6 Å². The van der Waals surface area contributed by atoms with E-state index < -0.39 is 9.73 Å². The molecule has 2 nitrogen and oxygen atoms in total. The van der Waals surface area contributed by atoms with Gasteiger partial charge in [-0.3, -0.25) is 4.78 Å². The zero-order valence-corrected chi connectivity index (χ0v) is 9.32. The van der Waals surface area contributed by atoms with E-state index in [-0.39, 0.29) is 0 Å². The lowest BCUT2D eigenvalue weighted by Crippen LogP contribution is -2.15. The van der Waals surface area contributed by atoms with E-state index in [2.05, 4.69) is 13.5 Å². The summed E-state index contributed by atoms with van der Waals surface area (Å²) in [6.45, 7) is 8.07. The van der Waals surface area contributed by atoms with Crippen molar-refractivity contribution < 1.29 is 4.21 Å². The second-order valence-electron chi connectivity index (χ2n) is 4.36. The highest BCUT2D eigenvalue weighted by Crippen LogP contribution is 2.27. The van der Waals surface area contributed by atoms with Gasteiger partial charge in [-0.1, -0.05) is 19.1 Å². The molecule has 3 heteroatoms. The molecule has 0 radical (unpaired) electrons. The Morgan fingerprint density at radius 1 is 1.62 bits per heavy atom. The van der Waals surface area contributed by atoms with Crippen LogP contribution in [0.5, 0.6) is 0 Å². The molecule has 0 saturated carbocycles. The van der Waals surface area contributed by atoms with Crippen molar-refractivity contribution in [2.75, 3.05) is 11.5 Å². The van der Waals surface area contributed by atoms with Crippen molar-refractivity contribution in [3.05, 3.63) is 12.2 Å². The summed E-state index contributed by atoms with van der Waals surface area (Å²) in [5.74, 6) is 2.02. The second kappa shape index (κ2) is 3.82. The molecule has 1 aliphatic heterocycles. The molecule has 1 rings (SSSR count). The molecular formula is C10H19NOS. The van der Waals surface area contributed by atoms with Gasteiger partial charge in [0, 0.05) is 21.2 Å². The SMILES string of the molecule is C=C(C)[C@H]1C[C@@H](C)CCS(=N)(=O)C1. The van der Waals surface area contributed by atoms with E-state index in [4.69, 9.17) is 4.78 Å². The van der Waals surface area contributed by atoms with Crippen molar-refractivity contribution >= 4 is 9.73 Å². The normalized spacial score (nSPS) is 41.1. The van der Waals surface area contributed by atoms with Crippen molar-refractivity contribution in [3.63, 3.8) is 0 Å². The van der Waals surface area contributed by atoms with Crippen LogP contribution in [-0.4, -0.2) is 15.7 Å². The van der Waals surface area contributed by atoms with Gasteiger partial charge in [-0.2, -0.15) is 0 Å².